The molecule has 0 aliphatic carbocycles. The maximum absolute atomic E-state index is 11.1. The second kappa shape index (κ2) is 26.8. The molecule has 9 nitrogen and oxygen atoms in total. The summed E-state index contributed by atoms with van der Waals surface area (Å²) in [6, 6.07) is 79.2. The van der Waals surface area contributed by atoms with Crippen molar-refractivity contribution in [3.8, 4) is 0 Å². The van der Waals surface area contributed by atoms with Crippen LogP contribution in [0.2, 0.25) is 0 Å². The number of hydrogen-bond acceptors (Lipinski definition) is 9. The Kier molecular flexibility index (Phi) is 21.5. The summed E-state index contributed by atoms with van der Waals surface area (Å²) < 4.78 is 99.9. The van der Waals surface area contributed by atoms with Crippen LogP contribution >= 0.6 is 23.8 Å². The number of benzene rings is 9. The molecule has 356 valence electrons. The van der Waals surface area contributed by atoms with E-state index >= 15 is 0 Å². The summed E-state index contributed by atoms with van der Waals surface area (Å²) in [6.07, 6.45) is 0. The van der Waals surface area contributed by atoms with E-state index in [2.05, 4.69) is 72.8 Å². The normalized spacial score (nSPS) is 11.2. The van der Waals surface area contributed by atoms with Gasteiger partial charge in [-0.05, 0) is 108 Å². The molecular weight excluding hydrogens is 1090 g/mol. The molecule has 0 bridgehead atoms. The summed E-state index contributed by atoms with van der Waals surface area (Å²) in [6.45, 7) is 0. The first-order valence-electron chi connectivity index (χ1n) is 21.1. The van der Waals surface area contributed by atoms with E-state index in [4.69, 9.17) is 0 Å². The van der Waals surface area contributed by atoms with Crippen LogP contribution in [0.4, 0.5) is 0 Å². The first-order chi connectivity index (χ1) is 33.2. The molecular formula is C54H43LiO9P3RhS3. The average molecular weight is 1130 g/mol. The van der Waals surface area contributed by atoms with Crippen molar-refractivity contribution in [2.24, 2.45) is 0 Å². The van der Waals surface area contributed by atoms with Gasteiger partial charge >= 0.3 is 38.3 Å². The molecule has 0 unspecified atom stereocenters. The molecule has 0 aliphatic rings. The molecule has 0 aliphatic heterocycles. The van der Waals surface area contributed by atoms with Crippen molar-refractivity contribution >= 4 is 121 Å². The minimum atomic E-state index is -4.42. The number of hydrogen-bond donors (Lipinski definition) is 0. The Morgan fingerprint density at radius 1 is 0.225 bits per heavy atom. The van der Waals surface area contributed by atoms with Gasteiger partial charge < -0.3 is 13.7 Å². The summed E-state index contributed by atoms with van der Waals surface area (Å²) >= 11 is 0. The van der Waals surface area contributed by atoms with Gasteiger partial charge in [0.05, 0.1) is 14.7 Å². The molecule has 0 spiro atoms. The SMILES string of the molecule is O=S(=O)([O-])c1ccc(P(c2ccccc2)c2ccccc2)cc1.O=S(=O)([O-])c1ccc(P(c2ccccc2)c2ccccc2)cc1.O=S(=O)([O-])c1ccc(P(c2ccccc2)c2ccccc2)cc1.[LiH].[Rh+3]. The molecule has 0 fully saturated rings. The van der Waals surface area contributed by atoms with E-state index in [0.29, 0.717) is 0 Å². The molecule has 9 rings (SSSR count). The Morgan fingerprint density at radius 2 is 0.352 bits per heavy atom. The Balaban J connectivity index is 0.000000195. The maximum atomic E-state index is 11.1. The molecule has 0 saturated heterocycles. The summed E-state index contributed by atoms with van der Waals surface area (Å²) in [5.74, 6) is 0. The van der Waals surface area contributed by atoms with E-state index in [1.54, 1.807) is 36.4 Å². The largest absolute Gasteiger partial charge is 3.00 e. The Hall–Kier alpha value is -4.78. The van der Waals surface area contributed by atoms with E-state index in [1.807, 2.05) is 109 Å². The van der Waals surface area contributed by atoms with Crippen LogP contribution in [0.3, 0.4) is 0 Å². The summed E-state index contributed by atoms with van der Waals surface area (Å²) in [4.78, 5) is -0.591. The van der Waals surface area contributed by atoms with Crippen LogP contribution in [0.1, 0.15) is 0 Å². The van der Waals surface area contributed by atoms with Gasteiger partial charge in [0.2, 0.25) is 0 Å². The van der Waals surface area contributed by atoms with Gasteiger partial charge in [-0.1, -0.05) is 218 Å². The molecule has 9 aromatic carbocycles. The van der Waals surface area contributed by atoms with Crippen LogP contribution in [0.15, 0.2) is 269 Å². The molecule has 0 N–H and O–H groups in total. The van der Waals surface area contributed by atoms with Gasteiger partial charge in [0.1, 0.15) is 30.4 Å². The van der Waals surface area contributed by atoms with Gasteiger partial charge in [-0.25, -0.2) is 25.3 Å². The van der Waals surface area contributed by atoms with E-state index in [0.717, 1.165) is 15.9 Å². The van der Waals surface area contributed by atoms with Crippen molar-refractivity contribution < 1.29 is 58.4 Å². The van der Waals surface area contributed by atoms with E-state index in [9.17, 15) is 38.9 Å². The van der Waals surface area contributed by atoms with Crippen LogP contribution in [0, 0.1) is 0 Å². The van der Waals surface area contributed by atoms with Crippen LogP contribution in [-0.2, 0) is 49.8 Å². The van der Waals surface area contributed by atoms with Crippen LogP contribution in [0.5, 0.6) is 0 Å². The van der Waals surface area contributed by atoms with Crippen LogP contribution in [-0.4, -0.2) is 57.8 Å². The molecule has 9 aromatic rings. The Morgan fingerprint density at radius 3 is 0.479 bits per heavy atom. The Bertz CT molecular complexity index is 2890. The van der Waals surface area contributed by atoms with E-state index < -0.39 is 54.1 Å². The van der Waals surface area contributed by atoms with E-state index in [1.165, 1.54) is 68.2 Å². The molecule has 0 aromatic heterocycles. The third-order valence-electron chi connectivity index (χ3n) is 10.2. The van der Waals surface area contributed by atoms with Crippen molar-refractivity contribution in [1.82, 2.24) is 0 Å². The molecule has 71 heavy (non-hydrogen) atoms. The molecule has 17 heteroatoms. The quantitative estimate of drug-likeness (QED) is 0.0764. The fourth-order valence-electron chi connectivity index (χ4n) is 7.09. The predicted octanol–water partition coefficient (Wildman–Crippen LogP) is 6.40. The zero-order valence-corrected chi connectivity index (χ0v) is 43.6. The van der Waals surface area contributed by atoms with Crippen molar-refractivity contribution in [1.29, 1.82) is 0 Å². The fourth-order valence-corrected chi connectivity index (χ4v) is 15.3. The zero-order valence-electron chi connectivity index (χ0n) is 36.8. The fraction of sp³-hybridized carbons (Fsp3) is 0. The summed E-state index contributed by atoms with van der Waals surface area (Å²) in [5.41, 5.74) is 0. The zero-order chi connectivity index (χ0) is 48.9. The second-order valence-corrected chi connectivity index (χ2v) is 25.7. The smallest absolute Gasteiger partial charge is 3.00 e. The third kappa shape index (κ3) is 16.1. The first kappa shape index (κ1) is 57.1. The van der Waals surface area contributed by atoms with Crippen molar-refractivity contribution in [2.45, 2.75) is 14.7 Å². The predicted molar refractivity (Wildman–Crippen MR) is 286 cm³/mol. The standard InChI is InChI=1S/3C18H15O3PS.Li.Rh.H/c3*19-23(20,21)18-13-11-17(12-14-18)22(15-7-3-1-4-8-15)16-9-5-2-6-10-16;;;/h3*1-14H,(H,19,20,21);;;/q;;;;+3;/p-3. The second-order valence-electron chi connectivity index (χ2n) is 14.9. The molecule has 0 atom stereocenters. The molecule has 0 heterocycles. The molecule has 0 saturated carbocycles. The monoisotopic (exact) mass is 1130 g/mol. The Labute approximate surface area is 444 Å². The van der Waals surface area contributed by atoms with Crippen LogP contribution < -0.4 is 47.7 Å². The van der Waals surface area contributed by atoms with Gasteiger partial charge in [0.15, 0.2) is 0 Å². The summed E-state index contributed by atoms with van der Waals surface area (Å²) in [7, 11) is -15.6. The van der Waals surface area contributed by atoms with Crippen LogP contribution in [0.25, 0.3) is 0 Å². The molecule has 0 amide bonds. The average Bonchev–Trinajstić information content (AvgIpc) is 3.36. The maximum Gasteiger partial charge on any atom is 3.00 e. The number of rotatable bonds is 12. The van der Waals surface area contributed by atoms with Gasteiger partial charge in [-0.3, -0.25) is 0 Å². The first-order valence-corrected chi connectivity index (χ1v) is 29.3. The van der Waals surface area contributed by atoms with Gasteiger partial charge in [-0.15, -0.1) is 0 Å². The van der Waals surface area contributed by atoms with Crippen molar-refractivity contribution in [3.05, 3.63) is 255 Å². The molecule has 0 radical (unpaired) electrons. The minimum absolute atomic E-state index is 0. The van der Waals surface area contributed by atoms with Gasteiger partial charge in [0.25, 0.3) is 0 Å². The van der Waals surface area contributed by atoms with Gasteiger partial charge in [-0.2, -0.15) is 0 Å². The topological polar surface area (TPSA) is 172 Å². The summed E-state index contributed by atoms with van der Waals surface area (Å²) in [5, 5.41) is 10.0. The van der Waals surface area contributed by atoms with Crippen molar-refractivity contribution in [2.75, 3.05) is 0 Å². The van der Waals surface area contributed by atoms with Crippen molar-refractivity contribution in [3.63, 3.8) is 0 Å². The van der Waals surface area contributed by atoms with Gasteiger partial charge in [0, 0.05) is 0 Å². The minimum Gasteiger partial charge on any atom is 3.00 e. The third-order valence-corrected chi connectivity index (χ3v) is 20.1. The van der Waals surface area contributed by atoms with E-state index in [-0.39, 0.29) is 53.0 Å².